The number of carbonyl (C=O) groups is 2. The fourth-order valence-electron chi connectivity index (χ4n) is 2.38. The Morgan fingerprint density at radius 1 is 1.42 bits per heavy atom. The second-order valence-electron chi connectivity index (χ2n) is 5.01. The van der Waals surface area contributed by atoms with Gasteiger partial charge >= 0.3 is 0 Å². The smallest absolute Gasteiger partial charge is 0.225 e. The van der Waals surface area contributed by atoms with E-state index in [0.717, 1.165) is 12.8 Å². The van der Waals surface area contributed by atoms with Crippen LogP contribution in [0, 0.1) is 5.92 Å². The third-order valence-corrected chi connectivity index (χ3v) is 4.10. The molecule has 1 aliphatic heterocycles. The highest BCUT2D eigenvalue weighted by atomic mass is 35.5. The maximum Gasteiger partial charge on any atom is 0.225 e. The fraction of sp³-hybridized carbons (Fsp3) is 0.846. The van der Waals surface area contributed by atoms with E-state index in [9.17, 15) is 9.59 Å². The number of nitrogens with two attached hydrogens (primary N) is 1. The van der Waals surface area contributed by atoms with Gasteiger partial charge in [0.1, 0.15) is 0 Å². The van der Waals surface area contributed by atoms with E-state index in [-0.39, 0.29) is 35.7 Å². The van der Waals surface area contributed by atoms with E-state index in [1.807, 2.05) is 20.8 Å². The Morgan fingerprint density at radius 3 is 2.37 bits per heavy atom. The summed E-state index contributed by atoms with van der Waals surface area (Å²) in [6.45, 7) is 7.62. The Labute approximate surface area is 121 Å². The molecule has 0 saturated carbocycles. The first-order valence-corrected chi connectivity index (χ1v) is 6.81. The van der Waals surface area contributed by atoms with Gasteiger partial charge in [0, 0.05) is 26.1 Å². The number of likely N-dealkylation sites (tertiary alicyclic amines) is 1. The van der Waals surface area contributed by atoms with E-state index in [1.54, 1.807) is 4.90 Å². The maximum atomic E-state index is 12.2. The van der Waals surface area contributed by atoms with Crippen molar-refractivity contribution in [2.75, 3.05) is 19.6 Å². The first kappa shape index (κ1) is 18.2. The Bertz CT molecular complexity index is 311. The molecule has 19 heavy (non-hydrogen) atoms. The molecule has 0 spiro atoms. The first-order chi connectivity index (χ1) is 8.51. The van der Waals surface area contributed by atoms with E-state index in [2.05, 4.69) is 5.32 Å². The lowest BCUT2D eigenvalue weighted by Gasteiger charge is -2.32. The number of rotatable bonds is 6. The van der Waals surface area contributed by atoms with Gasteiger partial charge in [-0.1, -0.05) is 13.8 Å². The highest BCUT2D eigenvalue weighted by Gasteiger charge is 2.36. The predicted molar refractivity (Wildman–Crippen MR) is 78.1 cm³/mol. The second kappa shape index (κ2) is 7.70. The average molecular weight is 292 g/mol. The molecular weight excluding hydrogens is 266 g/mol. The molecule has 1 heterocycles. The summed E-state index contributed by atoms with van der Waals surface area (Å²) in [6, 6.07) is 0. The van der Waals surface area contributed by atoms with Gasteiger partial charge < -0.3 is 16.0 Å². The lowest BCUT2D eigenvalue weighted by atomic mass is 9.91. The van der Waals surface area contributed by atoms with Crippen molar-refractivity contribution in [2.45, 2.75) is 45.6 Å². The van der Waals surface area contributed by atoms with Gasteiger partial charge in [-0.3, -0.25) is 9.59 Å². The van der Waals surface area contributed by atoms with Crippen LogP contribution >= 0.6 is 12.4 Å². The Kier molecular flexibility index (Phi) is 7.37. The molecule has 0 aromatic rings. The summed E-state index contributed by atoms with van der Waals surface area (Å²) in [5.41, 5.74) is 5.44. The molecule has 3 N–H and O–H groups in total. The molecule has 0 bridgehead atoms. The summed E-state index contributed by atoms with van der Waals surface area (Å²) in [4.78, 5) is 25.5. The first-order valence-electron chi connectivity index (χ1n) is 6.81. The molecule has 1 unspecified atom stereocenters. The average Bonchev–Trinajstić information content (AvgIpc) is 2.77. The molecule has 0 aliphatic carbocycles. The van der Waals surface area contributed by atoms with Crippen LogP contribution in [0.15, 0.2) is 0 Å². The van der Waals surface area contributed by atoms with Gasteiger partial charge in [-0.2, -0.15) is 0 Å². The lowest BCUT2D eigenvalue weighted by molar-refractivity contribution is -0.129. The molecule has 0 aromatic heterocycles. The highest BCUT2D eigenvalue weighted by molar-refractivity contribution is 5.89. The van der Waals surface area contributed by atoms with Gasteiger partial charge in [0.15, 0.2) is 0 Å². The molecule has 6 heteroatoms. The molecule has 2 amide bonds. The van der Waals surface area contributed by atoms with Crippen molar-refractivity contribution in [1.29, 1.82) is 0 Å². The zero-order valence-electron chi connectivity index (χ0n) is 12.1. The highest BCUT2D eigenvalue weighted by Crippen LogP contribution is 2.20. The molecule has 1 fully saturated rings. The van der Waals surface area contributed by atoms with Crippen molar-refractivity contribution in [3.05, 3.63) is 0 Å². The fourth-order valence-corrected chi connectivity index (χ4v) is 2.38. The van der Waals surface area contributed by atoms with Crippen molar-refractivity contribution >= 4 is 24.2 Å². The number of hydrogen-bond acceptors (Lipinski definition) is 3. The van der Waals surface area contributed by atoms with Gasteiger partial charge in [0.05, 0.1) is 11.5 Å². The van der Waals surface area contributed by atoms with Gasteiger partial charge in [-0.25, -0.2) is 0 Å². The summed E-state index contributed by atoms with van der Waals surface area (Å²) < 4.78 is 0. The molecule has 112 valence electrons. The molecule has 1 saturated heterocycles. The topological polar surface area (TPSA) is 75.4 Å². The summed E-state index contributed by atoms with van der Waals surface area (Å²) in [6.07, 6.45) is 1.95. The molecule has 5 nitrogen and oxygen atoms in total. The number of halogens is 1. The van der Waals surface area contributed by atoms with Crippen LogP contribution in [-0.2, 0) is 9.59 Å². The molecule has 1 rings (SSSR count). The van der Waals surface area contributed by atoms with E-state index < -0.39 is 0 Å². The Morgan fingerprint density at radius 2 is 2.00 bits per heavy atom. The Hall–Kier alpha value is -0.810. The minimum atomic E-state index is -0.320. The van der Waals surface area contributed by atoms with Gasteiger partial charge in [-0.15, -0.1) is 12.4 Å². The number of nitrogens with one attached hydrogen (secondary N) is 1. The van der Waals surface area contributed by atoms with E-state index in [0.29, 0.717) is 26.1 Å². The molecule has 1 aliphatic rings. The number of amides is 2. The predicted octanol–water partition coefficient (Wildman–Crippen LogP) is 0.910. The molecular formula is C13H26ClN3O2. The Balaban J connectivity index is 0.00000324. The largest absolute Gasteiger partial charge is 0.349 e. The summed E-state index contributed by atoms with van der Waals surface area (Å²) in [5.74, 6) is -0.182. The number of carbonyl (C=O) groups excluding carboxylic acids is 2. The monoisotopic (exact) mass is 291 g/mol. The lowest BCUT2D eigenvalue weighted by Crippen LogP contribution is -2.54. The van der Waals surface area contributed by atoms with Crippen LogP contribution in [0.3, 0.4) is 0 Å². The number of hydrogen-bond donors (Lipinski definition) is 2. The van der Waals surface area contributed by atoms with E-state index in [4.69, 9.17) is 5.73 Å². The van der Waals surface area contributed by atoms with Crippen molar-refractivity contribution < 1.29 is 9.59 Å². The summed E-state index contributed by atoms with van der Waals surface area (Å²) >= 11 is 0. The van der Waals surface area contributed by atoms with Crippen molar-refractivity contribution in [3.63, 3.8) is 0 Å². The minimum absolute atomic E-state index is 0. The van der Waals surface area contributed by atoms with Crippen LogP contribution in [0.25, 0.3) is 0 Å². The van der Waals surface area contributed by atoms with Crippen LogP contribution in [0.4, 0.5) is 0 Å². The third-order valence-electron chi connectivity index (χ3n) is 4.10. The van der Waals surface area contributed by atoms with Crippen LogP contribution in [0.1, 0.15) is 40.0 Å². The van der Waals surface area contributed by atoms with Crippen molar-refractivity contribution in [3.8, 4) is 0 Å². The quantitative estimate of drug-likeness (QED) is 0.764. The zero-order chi connectivity index (χ0) is 13.8. The normalized spacial score (nSPS) is 19.3. The standard InChI is InChI=1S/C13H25N3O2.ClH/c1-4-13(5-2,9-14)15-12(18)10-7-11(17)16(6-3)8-10;/h10H,4-9,14H2,1-3H3,(H,15,18);1H. The van der Waals surface area contributed by atoms with E-state index >= 15 is 0 Å². The third kappa shape index (κ3) is 4.08. The maximum absolute atomic E-state index is 12.2. The second-order valence-corrected chi connectivity index (χ2v) is 5.01. The van der Waals surface area contributed by atoms with Crippen LogP contribution in [0.2, 0.25) is 0 Å². The van der Waals surface area contributed by atoms with Crippen molar-refractivity contribution in [2.24, 2.45) is 11.7 Å². The number of nitrogens with zero attached hydrogens (tertiary/aromatic N) is 1. The summed E-state index contributed by atoms with van der Waals surface area (Å²) in [7, 11) is 0. The van der Waals surface area contributed by atoms with Gasteiger partial charge in [0.2, 0.25) is 11.8 Å². The molecule has 1 atom stereocenters. The van der Waals surface area contributed by atoms with E-state index in [1.165, 1.54) is 0 Å². The van der Waals surface area contributed by atoms with Crippen LogP contribution < -0.4 is 11.1 Å². The van der Waals surface area contributed by atoms with Crippen molar-refractivity contribution in [1.82, 2.24) is 10.2 Å². The minimum Gasteiger partial charge on any atom is -0.349 e. The van der Waals surface area contributed by atoms with Gasteiger partial charge in [-0.05, 0) is 19.8 Å². The zero-order valence-corrected chi connectivity index (χ0v) is 12.9. The molecule has 0 aromatic carbocycles. The van der Waals surface area contributed by atoms with Gasteiger partial charge in [0.25, 0.3) is 0 Å². The molecule has 0 radical (unpaired) electrons. The van der Waals surface area contributed by atoms with Crippen LogP contribution in [0.5, 0.6) is 0 Å². The SMILES string of the molecule is CCN1CC(C(=O)NC(CC)(CC)CN)CC1=O.Cl. The van der Waals surface area contributed by atoms with Crippen LogP contribution in [-0.4, -0.2) is 41.9 Å². The summed E-state index contributed by atoms with van der Waals surface area (Å²) in [5, 5.41) is 3.04.